The van der Waals surface area contributed by atoms with Gasteiger partial charge in [0.25, 0.3) is 0 Å². The van der Waals surface area contributed by atoms with Gasteiger partial charge in [0.15, 0.2) is 0 Å². The molecule has 104 valence electrons. The van der Waals surface area contributed by atoms with Crippen molar-refractivity contribution in [2.75, 3.05) is 32.9 Å². The molecule has 0 aliphatic carbocycles. The van der Waals surface area contributed by atoms with Crippen LogP contribution in [-0.2, 0) is 20.9 Å². The third-order valence-electron chi connectivity index (χ3n) is 2.90. The zero-order valence-electron chi connectivity index (χ0n) is 10.9. The molecule has 5 heteroatoms. The SMILES string of the molecule is O=C(NCCOCc1ccccc1)C1COCCN1. The maximum Gasteiger partial charge on any atom is 0.239 e. The number of morpholine rings is 1. The van der Waals surface area contributed by atoms with E-state index in [0.29, 0.717) is 33.0 Å². The van der Waals surface area contributed by atoms with E-state index >= 15 is 0 Å². The number of hydrogen-bond donors (Lipinski definition) is 2. The van der Waals surface area contributed by atoms with Crippen LogP contribution < -0.4 is 10.6 Å². The van der Waals surface area contributed by atoms with Crippen molar-refractivity contribution in [3.05, 3.63) is 35.9 Å². The van der Waals surface area contributed by atoms with Crippen LogP contribution >= 0.6 is 0 Å². The van der Waals surface area contributed by atoms with E-state index in [-0.39, 0.29) is 11.9 Å². The van der Waals surface area contributed by atoms with Gasteiger partial charge in [0.05, 0.1) is 26.4 Å². The van der Waals surface area contributed by atoms with Crippen LogP contribution in [0.3, 0.4) is 0 Å². The molecular weight excluding hydrogens is 244 g/mol. The predicted molar refractivity (Wildman–Crippen MR) is 71.7 cm³/mol. The van der Waals surface area contributed by atoms with E-state index in [2.05, 4.69) is 10.6 Å². The van der Waals surface area contributed by atoms with Gasteiger partial charge in [-0.3, -0.25) is 4.79 Å². The summed E-state index contributed by atoms with van der Waals surface area (Å²) in [5.74, 6) is -0.0250. The third-order valence-corrected chi connectivity index (χ3v) is 2.90. The molecule has 0 radical (unpaired) electrons. The van der Waals surface area contributed by atoms with E-state index in [1.54, 1.807) is 0 Å². The lowest BCUT2D eigenvalue weighted by atomic mass is 10.2. The Labute approximate surface area is 113 Å². The van der Waals surface area contributed by atoms with Gasteiger partial charge in [0, 0.05) is 13.1 Å². The van der Waals surface area contributed by atoms with Crippen molar-refractivity contribution in [2.45, 2.75) is 12.6 Å². The van der Waals surface area contributed by atoms with Crippen molar-refractivity contribution in [3.63, 3.8) is 0 Å². The summed E-state index contributed by atoms with van der Waals surface area (Å²) < 4.78 is 10.7. The lowest BCUT2D eigenvalue weighted by molar-refractivity contribution is -0.126. The van der Waals surface area contributed by atoms with Crippen molar-refractivity contribution in [1.29, 1.82) is 0 Å². The van der Waals surface area contributed by atoms with Crippen LogP contribution in [0.1, 0.15) is 5.56 Å². The van der Waals surface area contributed by atoms with Crippen molar-refractivity contribution in [3.8, 4) is 0 Å². The van der Waals surface area contributed by atoms with Gasteiger partial charge in [0.1, 0.15) is 6.04 Å². The third kappa shape index (κ3) is 4.98. The molecule has 0 saturated carbocycles. The molecule has 1 atom stereocenters. The zero-order valence-corrected chi connectivity index (χ0v) is 10.9. The first-order chi connectivity index (χ1) is 9.36. The first kappa shape index (κ1) is 14.0. The minimum Gasteiger partial charge on any atom is -0.378 e. The Balaban J connectivity index is 1.55. The molecule has 5 nitrogen and oxygen atoms in total. The van der Waals surface area contributed by atoms with Gasteiger partial charge >= 0.3 is 0 Å². The van der Waals surface area contributed by atoms with Crippen LogP contribution in [0.5, 0.6) is 0 Å². The van der Waals surface area contributed by atoms with E-state index in [9.17, 15) is 4.79 Å². The number of carbonyl (C=O) groups excluding carboxylic acids is 1. The molecule has 1 unspecified atom stereocenters. The lowest BCUT2D eigenvalue weighted by Crippen LogP contribution is -2.51. The van der Waals surface area contributed by atoms with Crippen LogP contribution in [0.25, 0.3) is 0 Å². The summed E-state index contributed by atoms with van der Waals surface area (Å²) in [6, 6.07) is 9.74. The second-order valence-electron chi connectivity index (χ2n) is 4.41. The molecule has 1 aliphatic rings. The summed E-state index contributed by atoms with van der Waals surface area (Å²) in [6.07, 6.45) is 0. The van der Waals surface area contributed by atoms with E-state index in [1.807, 2.05) is 30.3 Å². The van der Waals surface area contributed by atoms with Gasteiger partial charge in [-0.15, -0.1) is 0 Å². The highest BCUT2D eigenvalue weighted by molar-refractivity contribution is 5.81. The smallest absolute Gasteiger partial charge is 0.239 e. The predicted octanol–water partition coefficient (Wildman–Crippen LogP) is 0.308. The summed E-state index contributed by atoms with van der Waals surface area (Å²) in [4.78, 5) is 11.7. The fourth-order valence-electron chi connectivity index (χ4n) is 1.87. The lowest BCUT2D eigenvalue weighted by Gasteiger charge is -2.22. The summed E-state index contributed by atoms with van der Waals surface area (Å²) in [6.45, 7) is 3.43. The van der Waals surface area contributed by atoms with E-state index in [1.165, 1.54) is 0 Å². The van der Waals surface area contributed by atoms with Gasteiger partial charge in [0.2, 0.25) is 5.91 Å². The molecule has 0 bridgehead atoms. The van der Waals surface area contributed by atoms with Crippen molar-refractivity contribution < 1.29 is 14.3 Å². The highest BCUT2D eigenvalue weighted by atomic mass is 16.5. The molecule has 2 N–H and O–H groups in total. The number of amides is 1. The van der Waals surface area contributed by atoms with Gasteiger partial charge < -0.3 is 20.1 Å². The van der Waals surface area contributed by atoms with Gasteiger partial charge in [-0.2, -0.15) is 0 Å². The average Bonchev–Trinajstić information content (AvgIpc) is 2.49. The molecule has 1 aromatic carbocycles. The Hall–Kier alpha value is -1.43. The molecule has 1 aliphatic heterocycles. The highest BCUT2D eigenvalue weighted by Gasteiger charge is 2.20. The molecule has 19 heavy (non-hydrogen) atoms. The molecule has 1 fully saturated rings. The number of hydrogen-bond acceptors (Lipinski definition) is 4. The zero-order chi connectivity index (χ0) is 13.3. The standard InChI is InChI=1S/C14H20N2O3/c17-14(13-11-19-8-6-15-13)16-7-9-18-10-12-4-2-1-3-5-12/h1-5,13,15H,6-11H2,(H,16,17). The van der Waals surface area contributed by atoms with Crippen LogP contribution in [0.15, 0.2) is 30.3 Å². The Bertz CT molecular complexity index is 378. The summed E-state index contributed by atoms with van der Waals surface area (Å²) in [5.41, 5.74) is 1.14. The molecule has 1 amide bonds. The minimum absolute atomic E-state index is 0.0250. The van der Waals surface area contributed by atoms with E-state index in [4.69, 9.17) is 9.47 Å². The number of rotatable bonds is 6. The van der Waals surface area contributed by atoms with Crippen LogP contribution in [0.4, 0.5) is 0 Å². The van der Waals surface area contributed by atoms with Gasteiger partial charge in [-0.1, -0.05) is 30.3 Å². The maximum atomic E-state index is 11.7. The monoisotopic (exact) mass is 264 g/mol. The molecule has 0 spiro atoms. The fraction of sp³-hybridized carbons (Fsp3) is 0.500. The first-order valence-electron chi connectivity index (χ1n) is 6.57. The van der Waals surface area contributed by atoms with Gasteiger partial charge in [-0.25, -0.2) is 0 Å². The molecule has 1 heterocycles. The van der Waals surface area contributed by atoms with Crippen LogP contribution in [0, 0.1) is 0 Å². The highest BCUT2D eigenvalue weighted by Crippen LogP contribution is 1.99. The number of nitrogens with one attached hydrogen (secondary N) is 2. The Kier molecular flexibility index (Phi) is 5.81. The minimum atomic E-state index is -0.233. The van der Waals surface area contributed by atoms with E-state index in [0.717, 1.165) is 12.1 Å². The second kappa shape index (κ2) is 7.89. The summed E-state index contributed by atoms with van der Waals surface area (Å²) in [7, 11) is 0. The molecule has 2 rings (SSSR count). The maximum absolute atomic E-state index is 11.7. The first-order valence-corrected chi connectivity index (χ1v) is 6.57. The number of ether oxygens (including phenoxy) is 2. The van der Waals surface area contributed by atoms with Gasteiger partial charge in [-0.05, 0) is 5.56 Å². The average molecular weight is 264 g/mol. The largest absolute Gasteiger partial charge is 0.378 e. The normalized spacial score (nSPS) is 19.1. The van der Waals surface area contributed by atoms with Crippen LogP contribution in [-0.4, -0.2) is 44.9 Å². The number of benzene rings is 1. The van der Waals surface area contributed by atoms with Crippen molar-refractivity contribution in [1.82, 2.24) is 10.6 Å². The van der Waals surface area contributed by atoms with Crippen LogP contribution in [0.2, 0.25) is 0 Å². The van der Waals surface area contributed by atoms with Crippen molar-refractivity contribution >= 4 is 5.91 Å². The summed E-state index contributed by atoms with van der Waals surface area (Å²) >= 11 is 0. The Morgan fingerprint density at radius 3 is 3.00 bits per heavy atom. The number of carbonyl (C=O) groups is 1. The molecular formula is C14H20N2O3. The Morgan fingerprint density at radius 1 is 1.42 bits per heavy atom. The molecule has 0 aromatic heterocycles. The van der Waals surface area contributed by atoms with Crippen molar-refractivity contribution in [2.24, 2.45) is 0 Å². The molecule has 1 aromatic rings. The quantitative estimate of drug-likeness (QED) is 0.726. The Morgan fingerprint density at radius 2 is 2.26 bits per heavy atom. The van der Waals surface area contributed by atoms with E-state index < -0.39 is 0 Å². The topological polar surface area (TPSA) is 59.6 Å². The second-order valence-corrected chi connectivity index (χ2v) is 4.41. The molecule has 1 saturated heterocycles. The summed E-state index contributed by atoms with van der Waals surface area (Å²) in [5, 5.41) is 5.94. The fourth-order valence-corrected chi connectivity index (χ4v) is 1.87.